The Morgan fingerprint density at radius 2 is 2.27 bits per heavy atom. The standard InChI is InChI=1S/C19H20N4O2S/c24-18-10-23(9-15-11-26-12-21-15)7-5-17(18)22-19(25)14-3-4-16-13(8-14)2-1-6-20-16/h1-4,6,8,11-12,17-18,24H,5,7,9-10H2,(H,22,25)/t17-,18-/m1/s1. The van der Waals surface area contributed by atoms with E-state index in [0.29, 0.717) is 18.5 Å². The van der Waals surface area contributed by atoms with Gasteiger partial charge in [-0.15, -0.1) is 11.3 Å². The molecule has 2 aromatic heterocycles. The lowest BCUT2D eigenvalue weighted by atomic mass is 10.0. The molecular weight excluding hydrogens is 348 g/mol. The first-order valence-electron chi connectivity index (χ1n) is 8.62. The van der Waals surface area contributed by atoms with Gasteiger partial charge in [0.15, 0.2) is 0 Å². The Morgan fingerprint density at radius 3 is 3.08 bits per heavy atom. The molecule has 3 aromatic rings. The molecule has 26 heavy (non-hydrogen) atoms. The number of hydrogen-bond acceptors (Lipinski definition) is 6. The second-order valence-electron chi connectivity index (χ2n) is 6.56. The second-order valence-corrected chi connectivity index (χ2v) is 7.28. The zero-order valence-electron chi connectivity index (χ0n) is 14.2. The SMILES string of the molecule is O=C(N[C@@H]1CCN(Cc2cscn2)C[C@H]1O)c1ccc2ncccc2c1. The number of aromatic nitrogens is 2. The second kappa shape index (κ2) is 7.49. The summed E-state index contributed by atoms with van der Waals surface area (Å²) in [7, 11) is 0. The molecule has 2 atom stereocenters. The van der Waals surface area contributed by atoms with E-state index in [-0.39, 0.29) is 11.9 Å². The average Bonchev–Trinajstić information content (AvgIpc) is 3.16. The Bertz CT molecular complexity index is 899. The maximum atomic E-state index is 12.6. The van der Waals surface area contributed by atoms with Gasteiger partial charge >= 0.3 is 0 Å². The van der Waals surface area contributed by atoms with Crippen molar-refractivity contribution in [2.45, 2.75) is 25.1 Å². The molecule has 0 spiro atoms. The summed E-state index contributed by atoms with van der Waals surface area (Å²) in [6.45, 7) is 2.09. The minimum atomic E-state index is -0.589. The van der Waals surface area contributed by atoms with Crippen LogP contribution in [-0.4, -0.2) is 51.1 Å². The molecule has 0 radical (unpaired) electrons. The van der Waals surface area contributed by atoms with Crippen LogP contribution in [-0.2, 0) is 6.54 Å². The molecule has 0 aliphatic carbocycles. The van der Waals surface area contributed by atoms with Crippen LogP contribution in [0.15, 0.2) is 47.4 Å². The summed E-state index contributed by atoms with van der Waals surface area (Å²) in [5.74, 6) is -0.159. The van der Waals surface area contributed by atoms with E-state index in [1.54, 1.807) is 23.6 Å². The van der Waals surface area contributed by atoms with Crippen molar-refractivity contribution in [2.24, 2.45) is 0 Å². The molecule has 134 valence electrons. The Morgan fingerprint density at radius 1 is 1.35 bits per heavy atom. The Balaban J connectivity index is 1.38. The number of aliphatic hydroxyl groups is 1. The van der Waals surface area contributed by atoms with Crippen molar-refractivity contribution in [3.05, 3.63) is 58.7 Å². The number of pyridine rings is 1. The van der Waals surface area contributed by atoms with Crippen LogP contribution in [0.3, 0.4) is 0 Å². The number of thiazole rings is 1. The van der Waals surface area contributed by atoms with Crippen molar-refractivity contribution in [3.8, 4) is 0 Å². The van der Waals surface area contributed by atoms with Crippen LogP contribution in [0.1, 0.15) is 22.5 Å². The maximum absolute atomic E-state index is 12.6. The number of likely N-dealkylation sites (tertiary alicyclic amines) is 1. The van der Waals surface area contributed by atoms with E-state index < -0.39 is 6.10 Å². The largest absolute Gasteiger partial charge is 0.390 e. The molecule has 6 nitrogen and oxygen atoms in total. The number of amides is 1. The first-order chi connectivity index (χ1) is 12.7. The smallest absolute Gasteiger partial charge is 0.251 e. The van der Waals surface area contributed by atoms with E-state index in [2.05, 4.69) is 20.2 Å². The summed E-state index contributed by atoms with van der Waals surface area (Å²) in [6.07, 6.45) is 1.86. The Hall–Kier alpha value is -2.35. The van der Waals surface area contributed by atoms with Crippen LogP contribution in [0.25, 0.3) is 10.9 Å². The lowest BCUT2D eigenvalue weighted by Crippen LogP contribution is -2.53. The van der Waals surface area contributed by atoms with Crippen molar-refractivity contribution < 1.29 is 9.90 Å². The predicted octanol–water partition coefficient (Wildman–Crippen LogP) is 2.06. The number of fused-ring (bicyclic) bond motifs is 1. The minimum absolute atomic E-state index is 0.159. The third-order valence-electron chi connectivity index (χ3n) is 4.72. The molecule has 7 heteroatoms. The summed E-state index contributed by atoms with van der Waals surface area (Å²) in [6, 6.07) is 9.00. The van der Waals surface area contributed by atoms with E-state index in [1.807, 2.05) is 35.2 Å². The summed E-state index contributed by atoms with van der Waals surface area (Å²) in [5, 5.41) is 16.4. The number of carbonyl (C=O) groups is 1. The van der Waals surface area contributed by atoms with Crippen molar-refractivity contribution in [2.75, 3.05) is 13.1 Å². The van der Waals surface area contributed by atoms with Crippen LogP contribution in [0.2, 0.25) is 0 Å². The first-order valence-corrected chi connectivity index (χ1v) is 9.56. The van der Waals surface area contributed by atoms with Gasteiger partial charge in [-0.2, -0.15) is 0 Å². The van der Waals surface area contributed by atoms with Crippen molar-refractivity contribution in [1.29, 1.82) is 0 Å². The fourth-order valence-electron chi connectivity index (χ4n) is 3.32. The molecule has 0 unspecified atom stereocenters. The predicted molar refractivity (Wildman–Crippen MR) is 101 cm³/mol. The quantitative estimate of drug-likeness (QED) is 0.737. The molecule has 0 saturated carbocycles. The van der Waals surface area contributed by atoms with Gasteiger partial charge in [0.25, 0.3) is 5.91 Å². The van der Waals surface area contributed by atoms with E-state index in [4.69, 9.17) is 0 Å². The number of nitrogens with one attached hydrogen (secondary N) is 1. The molecule has 1 aliphatic heterocycles. The fourth-order valence-corrected chi connectivity index (χ4v) is 3.87. The number of hydrogen-bond donors (Lipinski definition) is 2. The van der Waals surface area contributed by atoms with E-state index in [1.165, 1.54) is 0 Å². The van der Waals surface area contributed by atoms with Gasteiger partial charge in [-0.1, -0.05) is 6.07 Å². The average molecular weight is 368 g/mol. The number of aliphatic hydroxyl groups excluding tert-OH is 1. The topological polar surface area (TPSA) is 78.4 Å². The normalized spacial score (nSPS) is 21.0. The molecule has 1 fully saturated rings. The molecule has 1 aliphatic rings. The molecule has 4 rings (SSSR count). The summed E-state index contributed by atoms with van der Waals surface area (Å²) in [5.41, 5.74) is 4.29. The first kappa shape index (κ1) is 17.1. The Kier molecular flexibility index (Phi) is 4.92. The van der Waals surface area contributed by atoms with Gasteiger partial charge in [-0.3, -0.25) is 14.7 Å². The Labute approximate surface area is 155 Å². The lowest BCUT2D eigenvalue weighted by Gasteiger charge is -2.35. The summed E-state index contributed by atoms with van der Waals surface area (Å²) in [4.78, 5) is 23.3. The highest BCUT2D eigenvalue weighted by molar-refractivity contribution is 7.07. The molecule has 3 heterocycles. The van der Waals surface area contributed by atoms with Crippen LogP contribution < -0.4 is 5.32 Å². The molecule has 1 aromatic carbocycles. The number of nitrogens with zero attached hydrogens (tertiary/aromatic N) is 3. The van der Waals surface area contributed by atoms with Gasteiger partial charge in [-0.25, -0.2) is 4.98 Å². The zero-order chi connectivity index (χ0) is 17.9. The van der Waals surface area contributed by atoms with Crippen LogP contribution in [0.5, 0.6) is 0 Å². The van der Waals surface area contributed by atoms with E-state index >= 15 is 0 Å². The van der Waals surface area contributed by atoms with Gasteiger partial charge in [0.05, 0.1) is 28.9 Å². The number of rotatable bonds is 4. The van der Waals surface area contributed by atoms with Gasteiger partial charge < -0.3 is 10.4 Å². The van der Waals surface area contributed by atoms with Gasteiger partial charge in [0.1, 0.15) is 0 Å². The zero-order valence-corrected chi connectivity index (χ0v) is 15.0. The molecule has 1 amide bonds. The highest BCUT2D eigenvalue weighted by Gasteiger charge is 2.29. The van der Waals surface area contributed by atoms with Gasteiger partial charge in [-0.05, 0) is 30.7 Å². The minimum Gasteiger partial charge on any atom is -0.390 e. The molecule has 2 N–H and O–H groups in total. The monoisotopic (exact) mass is 368 g/mol. The van der Waals surface area contributed by atoms with Crippen LogP contribution in [0, 0.1) is 0 Å². The van der Waals surface area contributed by atoms with Crippen LogP contribution in [0.4, 0.5) is 0 Å². The van der Waals surface area contributed by atoms with Crippen molar-refractivity contribution in [3.63, 3.8) is 0 Å². The van der Waals surface area contributed by atoms with Gasteiger partial charge in [0.2, 0.25) is 0 Å². The van der Waals surface area contributed by atoms with Gasteiger partial charge in [0, 0.05) is 42.2 Å². The maximum Gasteiger partial charge on any atom is 0.251 e. The molecular formula is C19H20N4O2S. The fraction of sp³-hybridized carbons (Fsp3) is 0.316. The number of carbonyl (C=O) groups excluding carboxylic acids is 1. The van der Waals surface area contributed by atoms with Crippen molar-refractivity contribution in [1.82, 2.24) is 20.2 Å². The third kappa shape index (κ3) is 3.75. The highest BCUT2D eigenvalue weighted by Crippen LogP contribution is 2.17. The number of piperidine rings is 1. The van der Waals surface area contributed by atoms with Crippen molar-refractivity contribution >= 4 is 28.1 Å². The molecule has 0 bridgehead atoms. The summed E-state index contributed by atoms with van der Waals surface area (Å²) < 4.78 is 0. The third-order valence-corrected chi connectivity index (χ3v) is 5.35. The number of β-amino-alcohol motifs (C(OH)–C–C–N with tert-alkyl or cyclic N) is 1. The molecule has 1 saturated heterocycles. The summed E-state index contributed by atoms with van der Waals surface area (Å²) >= 11 is 1.57. The van der Waals surface area contributed by atoms with Crippen LogP contribution >= 0.6 is 11.3 Å². The van der Waals surface area contributed by atoms with E-state index in [0.717, 1.165) is 29.7 Å². The highest BCUT2D eigenvalue weighted by atomic mass is 32.1. The lowest BCUT2D eigenvalue weighted by molar-refractivity contribution is 0.0346. The van der Waals surface area contributed by atoms with E-state index in [9.17, 15) is 9.90 Å². The number of benzene rings is 1.